The summed E-state index contributed by atoms with van der Waals surface area (Å²) in [6, 6.07) is 31.8. The number of alkyl halides is 3. The molecule has 2 fully saturated rings. The standard InChI is InChI=1S/C47H51ClF3N4O11PS3/c48-36-14-10-33(11-15-36)41-8-4-5-9-42(41)45(65-32-66-67(57,58)59)34-20-24-55(25-21-34)38-16-12-35(13-17-38)46(56)53-70(62,63)40-18-19-43(44(30-40)69(60,61)47(49,50)51)52-37(22-23-54-26-28-64-29-27-54)31-68-39-6-2-1-3-7-39/h1-19,30,34,37,45,52H,20-29,31-32H2,(H,53,56)(H2,57,58,59)/t37-,45?/m1/s1. The summed E-state index contributed by atoms with van der Waals surface area (Å²) >= 11 is 7.57. The van der Waals surface area contributed by atoms with E-state index in [1.807, 2.05) is 76.4 Å². The molecule has 23 heteroatoms. The Labute approximate surface area is 413 Å². The second kappa shape index (κ2) is 23.4. The van der Waals surface area contributed by atoms with E-state index in [1.165, 1.54) is 23.9 Å². The second-order valence-corrected chi connectivity index (χ2v) is 22.9. The average molecular weight is 1070 g/mol. The number of nitrogens with zero attached hydrogens (tertiary/aromatic N) is 2. The lowest BCUT2D eigenvalue weighted by atomic mass is 9.84. The maximum Gasteiger partial charge on any atom is 0.501 e. The summed E-state index contributed by atoms with van der Waals surface area (Å²) < 4.78 is 126. The molecular formula is C47H51ClF3N4O11PS3. The number of morpholine rings is 1. The first-order valence-electron chi connectivity index (χ1n) is 22.1. The fourth-order valence-corrected chi connectivity index (χ4v) is 11.6. The Morgan fingerprint density at radius 1 is 0.871 bits per heavy atom. The van der Waals surface area contributed by atoms with E-state index in [9.17, 15) is 49.2 Å². The number of sulfonamides is 1. The normalized spacial score (nSPS) is 16.4. The zero-order valence-electron chi connectivity index (χ0n) is 37.4. The van der Waals surface area contributed by atoms with Crippen LogP contribution in [-0.2, 0) is 38.4 Å². The average Bonchev–Trinajstić information content (AvgIpc) is 3.34. The Balaban J connectivity index is 1.04. The first-order chi connectivity index (χ1) is 33.3. The molecule has 0 aromatic heterocycles. The minimum atomic E-state index is -6.10. The smallest absolute Gasteiger partial charge is 0.380 e. The quantitative estimate of drug-likeness (QED) is 0.0327. The van der Waals surface area contributed by atoms with Crippen LogP contribution in [0.2, 0.25) is 5.02 Å². The SMILES string of the molecule is O=C(NS(=O)(=O)c1ccc(N[C@H](CCN2CCOCC2)CSc2ccccc2)c(S(=O)(=O)C(F)(F)F)c1)c1ccc(N2CCC(C(OCOP(=O)(O)O)c3ccccc3-c3ccc(Cl)cc3)CC2)cc1. The molecule has 0 aliphatic carbocycles. The van der Waals surface area contributed by atoms with Crippen molar-refractivity contribution in [2.24, 2.45) is 5.92 Å². The highest BCUT2D eigenvalue weighted by molar-refractivity contribution is 7.99. The van der Waals surface area contributed by atoms with Crippen molar-refractivity contribution in [2.45, 2.75) is 51.6 Å². The molecule has 0 radical (unpaired) electrons. The molecule has 2 atom stereocenters. The van der Waals surface area contributed by atoms with Gasteiger partial charge in [-0.3, -0.25) is 14.2 Å². The number of anilines is 2. The highest BCUT2D eigenvalue weighted by Crippen LogP contribution is 2.42. The summed E-state index contributed by atoms with van der Waals surface area (Å²) in [5.74, 6) is -0.897. The first kappa shape index (κ1) is 53.3. The fraction of sp³-hybridized carbons (Fsp3) is 0.340. The van der Waals surface area contributed by atoms with Crippen LogP contribution in [-0.4, -0.2) is 107 Å². The number of halogens is 4. The molecule has 2 aliphatic heterocycles. The highest BCUT2D eigenvalue weighted by Gasteiger charge is 2.48. The fourth-order valence-electron chi connectivity index (χ4n) is 8.24. The summed E-state index contributed by atoms with van der Waals surface area (Å²) in [4.78, 5) is 35.0. The number of sulfone groups is 1. The highest BCUT2D eigenvalue weighted by atomic mass is 35.5. The maximum atomic E-state index is 14.2. The topological polar surface area (TPSA) is 201 Å². The Morgan fingerprint density at radius 2 is 1.53 bits per heavy atom. The van der Waals surface area contributed by atoms with Crippen molar-refractivity contribution in [3.8, 4) is 11.1 Å². The van der Waals surface area contributed by atoms with Crippen molar-refractivity contribution in [2.75, 3.05) is 68.7 Å². The van der Waals surface area contributed by atoms with E-state index in [-0.39, 0.29) is 11.5 Å². The van der Waals surface area contributed by atoms with E-state index in [4.69, 9.17) is 21.1 Å². The summed E-state index contributed by atoms with van der Waals surface area (Å²) in [6.07, 6.45) is 0.919. The maximum absolute atomic E-state index is 14.2. The van der Waals surface area contributed by atoms with Gasteiger partial charge < -0.3 is 29.5 Å². The molecule has 0 spiro atoms. The number of ether oxygens (including phenoxy) is 2. The molecule has 5 aromatic rings. The third-order valence-corrected chi connectivity index (χ3v) is 16.6. The van der Waals surface area contributed by atoms with Crippen LogP contribution in [0.25, 0.3) is 11.1 Å². The molecule has 1 unspecified atom stereocenters. The number of carbonyl (C=O) groups is 1. The molecule has 1 amide bonds. The van der Waals surface area contributed by atoms with Crippen LogP contribution in [0.15, 0.2) is 136 Å². The van der Waals surface area contributed by atoms with E-state index in [0.29, 0.717) is 87.7 Å². The number of nitrogens with one attached hydrogen (secondary N) is 2. The Hall–Kier alpha value is -4.51. The van der Waals surface area contributed by atoms with Gasteiger partial charge in [-0.1, -0.05) is 66.2 Å². The number of amides is 1. The molecule has 376 valence electrons. The van der Waals surface area contributed by atoms with Gasteiger partial charge in [0.2, 0.25) is 0 Å². The monoisotopic (exact) mass is 1070 g/mol. The molecule has 4 N–H and O–H groups in total. The van der Waals surface area contributed by atoms with Crippen molar-refractivity contribution < 1.29 is 63.2 Å². The zero-order chi connectivity index (χ0) is 50.1. The van der Waals surface area contributed by atoms with Crippen molar-refractivity contribution in [1.29, 1.82) is 0 Å². The lowest BCUT2D eigenvalue weighted by Crippen LogP contribution is -2.39. The number of piperidine rings is 1. The van der Waals surface area contributed by atoms with Crippen LogP contribution in [0.5, 0.6) is 0 Å². The summed E-state index contributed by atoms with van der Waals surface area (Å²) in [5, 5.41) is 3.52. The third-order valence-electron chi connectivity index (χ3n) is 11.9. The van der Waals surface area contributed by atoms with Gasteiger partial charge in [-0.25, -0.2) is 26.1 Å². The number of rotatable bonds is 20. The molecule has 2 heterocycles. The molecule has 0 bridgehead atoms. The van der Waals surface area contributed by atoms with Gasteiger partial charge in [-0.15, -0.1) is 11.8 Å². The van der Waals surface area contributed by atoms with Crippen molar-refractivity contribution in [3.05, 3.63) is 137 Å². The number of thioether (sulfide) groups is 1. The molecule has 0 saturated carbocycles. The molecule has 15 nitrogen and oxygen atoms in total. The number of phosphoric ester groups is 1. The van der Waals surface area contributed by atoms with Gasteiger partial charge in [0.1, 0.15) is 4.90 Å². The van der Waals surface area contributed by atoms with Crippen LogP contribution in [0.4, 0.5) is 24.5 Å². The predicted octanol–water partition coefficient (Wildman–Crippen LogP) is 8.76. The van der Waals surface area contributed by atoms with E-state index >= 15 is 0 Å². The summed E-state index contributed by atoms with van der Waals surface area (Å²) in [6.45, 7) is 3.23. The van der Waals surface area contributed by atoms with Gasteiger partial charge in [0, 0.05) is 65.7 Å². The number of benzene rings is 5. The number of carbonyl (C=O) groups excluding carboxylic acids is 1. The van der Waals surface area contributed by atoms with Crippen LogP contribution in [0, 0.1) is 5.92 Å². The Bertz CT molecular complexity index is 2840. The van der Waals surface area contributed by atoms with Gasteiger partial charge in [0.05, 0.1) is 29.9 Å². The van der Waals surface area contributed by atoms with E-state index in [1.54, 1.807) is 24.3 Å². The minimum Gasteiger partial charge on any atom is -0.380 e. The predicted molar refractivity (Wildman–Crippen MR) is 261 cm³/mol. The van der Waals surface area contributed by atoms with Gasteiger partial charge in [0.15, 0.2) is 6.79 Å². The molecule has 7 rings (SSSR count). The lowest BCUT2D eigenvalue weighted by Gasteiger charge is -2.37. The second-order valence-electron chi connectivity index (χ2n) is 16.5. The number of phosphoric acid groups is 1. The van der Waals surface area contributed by atoms with Crippen molar-refractivity contribution >= 4 is 68.3 Å². The van der Waals surface area contributed by atoms with E-state index < -0.39 is 73.5 Å². The van der Waals surface area contributed by atoms with Crippen molar-refractivity contribution in [3.63, 3.8) is 0 Å². The van der Waals surface area contributed by atoms with Crippen LogP contribution < -0.4 is 14.9 Å². The van der Waals surface area contributed by atoms with E-state index in [0.717, 1.165) is 33.7 Å². The summed E-state index contributed by atoms with van der Waals surface area (Å²) in [7, 11) is -15.9. The van der Waals surface area contributed by atoms with Gasteiger partial charge in [-0.2, -0.15) is 13.2 Å². The zero-order valence-corrected chi connectivity index (χ0v) is 41.5. The van der Waals surface area contributed by atoms with Crippen molar-refractivity contribution in [1.82, 2.24) is 9.62 Å². The van der Waals surface area contributed by atoms with Crippen LogP contribution in [0.3, 0.4) is 0 Å². The number of hydrogen-bond donors (Lipinski definition) is 4. The van der Waals surface area contributed by atoms with Gasteiger partial charge in [0.25, 0.3) is 25.8 Å². The Kier molecular flexibility index (Phi) is 17.8. The summed E-state index contributed by atoms with van der Waals surface area (Å²) in [5.41, 5.74) is -3.15. The largest absolute Gasteiger partial charge is 0.501 e. The molecule has 2 aliphatic rings. The van der Waals surface area contributed by atoms with Crippen LogP contribution in [0.1, 0.15) is 41.3 Å². The molecule has 5 aromatic carbocycles. The first-order valence-corrected chi connectivity index (χ1v) is 27.9. The Morgan fingerprint density at radius 3 is 2.19 bits per heavy atom. The molecular weight excluding hydrogens is 1020 g/mol. The minimum absolute atomic E-state index is 0.0972. The molecule has 70 heavy (non-hydrogen) atoms. The third kappa shape index (κ3) is 14.1. The van der Waals surface area contributed by atoms with Gasteiger partial charge >= 0.3 is 13.3 Å². The number of hydrogen-bond acceptors (Lipinski definition) is 13. The van der Waals surface area contributed by atoms with Gasteiger partial charge in [-0.05, 0) is 109 Å². The molecule has 2 saturated heterocycles. The van der Waals surface area contributed by atoms with E-state index in [2.05, 4.69) is 14.7 Å². The van der Waals surface area contributed by atoms with Crippen LogP contribution >= 0.6 is 31.2 Å². The lowest BCUT2D eigenvalue weighted by molar-refractivity contribution is -0.0755.